The quantitative estimate of drug-likeness (QED) is 0.135. The summed E-state index contributed by atoms with van der Waals surface area (Å²) in [7, 11) is 1.32. The van der Waals surface area contributed by atoms with Crippen LogP contribution in [0.25, 0.3) is 0 Å². The standard InChI is InChI=1S/C35H35NO12/c1-16-30(39)20(36)12-25(47-16)48-22-14-35(44,23(37)15-46-24(38)11-17-7-4-3-5-8-17)13-19-27(22)34(43)29-28(32(19)41)31(40)18-9-6-10-21(45-2)26(18)33(29)42/h3-10,16,20,22,25,30,39,41,43-44H,11-15,36H2,1-2H3/t16-,20+,22+,25-,30+,35-/m0/s1. The first-order valence-corrected chi connectivity index (χ1v) is 15.4. The molecule has 1 fully saturated rings. The van der Waals surface area contributed by atoms with Crippen molar-refractivity contribution in [2.75, 3.05) is 13.7 Å². The van der Waals surface area contributed by atoms with Crippen molar-refractivity contribution in [2.24, 2.45) is 5.73 Å². The molecule has 0 unspecified atom stereocenters. The van der Waals surface area contributed by atoms with Gasteiger partial charge in [0.2, 0.25) is 11.6 Å². The van der Waals surface area contributed by atoms with Crippen molar-refractivity contribution in [3.63, 3.8) is 0 Å². The number of phenols is 2. The number of phenolic OH excluding ortho intramolecular Hbond substituents is 2. The fraction of sp³-hybridized carbons (Fsp3) is 0.371. The SMILES string of the molecule is COc1cccc2c1C(=O)c1c(O)c3c(c(O)c1C2=O)C[C@@](O)(C(=O)COC(=O)Cc1ccccc1)C[C@H]3O[C@H]1C[C@@H](N)[C@H](O)[C@H](C)O1. The second-order valence-electron chi connectivity index (χ2n) is 12.3. The van der Waals surface area contributed by atoms with Gasteiger partial charge in [-0.2, -0.15) is 0 Å². The van der Waals surface area contributed by atoms with Crippen molar-refractivity contribution in [2.45, 2.75) is 68.9 Å². The van der Waals surface area contributed by atoms with Crippen LogP contribution < -0.4 is 10.5 Å². The van der Waals surface area contributed by atoms with Gasteiger partial charge in [-0.25, -0.2) is 0 Å². The molecule has 0 amide bonds. The number of carbonyl (C=O) groups is 4. The summed E-state index contributed by atoms with van der Waals surface area (Å²) in [6, 6.07) is 12.3. The number of benzene rings is 3. The predicted octanol–water partition coefficient (Wildman–Crippen LogP) is 1.79. The topological polar surface area (TPSA) is 212 Å². The molecule has 0 aromatic heterocycles. The average molecular weight is 662 g/mol. The van der Waals surface area contributed by atoms with Crippen LogP contribution in [0.5, 0.6) is 17.2 Å². The van der Waals surface area contributed by atoms with Gasteiger partial charge in [-0.3, -0.25) is 19.2 Å². The van der Waals surface area contributed by atoms with Crippen molar-refractivity contribution in [1.82, 2.24) is 0 Å². The minimum atomic E-state index is -2.33. The van der Waals surface area contributed by atoms with E-state index in [9.17, 15) is 39.6 Å². The summed E-state index contributed by atoms with van der Waals surface area (Å²) >= 11 is 0. The Balaban J connectivity index is 1.39. The van der Waals surface area contributed by atoms with E-state index in [4.69, 9.17) is 24.7 Å². The van der Waals surface area contributed by atoms with Gasteiger partial charge in [0.15, 0.2) is 18.7 Å². The summed E-state index contributed by atoms with van der Waals surface area (Å²) in [6.45, 7) is 0.758. The molecule has 6 N–H and O–H groups in total. The fourth-order valence-electron chi connectivity index (χ4n) is 6.70. The molecular formula is C35H35NO12. The van der Waals surface area contributed by atoms with Crippen molar-refractivity contribution >= 4 is 23.3 Å². The Labute approximate surface area is 274 Å². The third kappa shape index (κ3) is 5.73. The Hall–Kier alpha value is -4.66. The number of aliphatic hydroxyl groups is 2. The van der Waals surface area contributed by atoms with Gasteiger partial charge in [0.25, 0.3) is 0 Å². The first-order valence-electron chi connectivity index (χ1n) is 15.4. The van der Waals surface area contributed by atoms with Gasteiger partial charge in [-0.15, -0.1) is 0 Å². The first kappa shape index (κ1) is 33.2. The maximum atomic E-state index is 13.9. The monoisotopic (exact) mass is 661 g/mol. The molecule has 13 heteroatoms. The number of Topliss-reactive ketones (excluding diaryl/α,β-unsaturated/α-hetero) is 1. The molecule has 0 bridgehead atoms. The molecule has 3 aromatic rings. The highest BCUT2D eigenvalue weighted by atomic mass is 16.7. The smallest absolute Gasteiger partial charge is 0.310 e. The molecule has 0 radical (unpaired) electrons. The molecule has 252 valence electrons. The molecule has 1 heterocycles. The molecule has 2 aliphatic carbocycles. The van der Waals surface area contributed by atoms with E-state index in [0.29, 0.717) is 5.56 Å². The van der Waals surface area contributed by atoms with Gasteiger partial charge in [0.05, 0.1) is 48.5 Å². The normalized spacial score (nSPS) is 26.2. The second kappa shape index (κ2) is 12.7. The lowest BCUT2D eigenvalue weighted by Crippen LogP contribution is -2.53. The van der Waals surface area contributed by atoms with Gasteiger partial charge in [-0.1, -0.05) is 42.5 Å². The number of aromatic hydroxyl groups is 2. The number of methoxy groups -OCH3 is 1. The van der Waals surface area contributed by atoms with Gasteiger partial charge >= 0.3 is 5.97 Å². The maximum absolute atomic E-state index is 13.9. The highest BCUT2D eigenvalue weighted by molar-refractivity contribution is 6.31. The molecule has 13 nitrogen and oxygen atoms in total. The number of ketones is 3. The molecule has 3 aromatic carbocycles. The van der Waals surface area contributed by atoms with Crippen LogP contribution in [0.2, 0.25) is 0 Å². The Morgan fingerprint density at radius 3 is 2.40 bits per heavy atom. The van der Waals surface area contributed by atoms with Crippen molar-refractivity contribution in [3.05, 3.63) is 87.5 Å². The van der Waals surface area contributed by atoms with Crippen LogP contribution in [0.15, 0.2) is 48.5 Å². The minimum absolute atomic E-state index is 0.0134. The van der Waals surface area contributed by atoms with Crippen LogP contribution in [0.4, 0.5) is 0 Å². The van der Waals surface area contributed by atoms with Crippen molar-refractivity contribution < 1.29 is 58.6 Å². The summed E-state index contributed by atoms with van der Waals surface area (Å²) in [6.07, 6.45) is -5.54. The average Bonchev–Trinajstić information content (AvgIpc) is 3.06. The molecule has 0 spiro atoms. The predicted molar refractivity (Wildman–Crippen MR) is 166 cm³/mol. The Morgan fingerprint density at radius 1 is 1.00 bits per heavy atom. The van der Waals surface area contributed by atoms with E-state index in [1.165, 1.54) is 25.3 Å². The summed E-state index contributed by atoms with van der Waals surface area (Å²) < 4.78 is 22.5. The molecule has 3 aliphatic rings. The van der Waals surface area contributed by atoms with Crippen LogP contribution in [-0.2, 0) is 36.6 Å². The van der Waals surface area contributed by atoms with Gasteiger partial charge in [0, 0.05) is 42.0 Å². The lowest BCUT2D eigenvalue weighted by atomic mass is 9.72. The number of rotatable bonds is 8. The molecule has 1 aliphatic heterocycles. The fourth-order valence-corrected chi connectivity index (χ4v) is 6.70. The molecule has 6 atom stereocenters. The third-order valence-electron chi connectivity index (χ3n) is 9.22. The largest absolute Gasteiger partial charge is 0.507 e. The summed E-state index contributed by atoms with van der Waals surface area (Å²) in [5.41, 5.74) is 2.90. The van der Waals surface area contributed by atoms with E-state index in [1.807, 2.05) is 0 Å². The minimum Gasteiger partial charge on any atom is -0.507 e. The van der Waals surface area contributed by atoms with E-state index in [-0.39, 0.29) is 40.8 Å². The second-order valence-corrected chi connectivity index (χ2v) is 12.3. The van der Waals surface area contributed by atoms with Crippen molar-refractivity contribution in [1.29, 1.82) is 0 Å². The number of carbonyl (C=O) groups excluding carboxylic acids is 4. The van der Waals surface area contributed by atoms with E-state index >= 15 is 0 Å². The lowest BCUT2D eigenvalue weighted by Gasteiger charge is -2.42. The number of esters is 1. The summed E-state index contributed by atoms with van der Waals surface area (Å²) in [4.78, 5) is 53.7. The number of hydrogen-bond donors (Lipinski definition) is 5. The number of nitrogens with two attached hydrogens (primary N) is 1. The van der Waals surface area contributed by atoms with Gasteiger partial charge in [0.1, 0.15) is 22.8 Å². The Bertz CT molecular complexity index is 1790. The van der Waals surface area contributed by atoms with Gasteiger partial charge in [-0.05, 0) is 18.6 Å². The summed E-state index contributed by atoms with van der Waals surface area (Å²) in [5.74, 6) is -4.55. The first-order chi connectivity index (χ1) is 22.8. The molecular weight excluding hydrogens is 626 g/mol. The highest BCUT2D eigenvalue weighted by Gasteiger charge is 2.50. The number of fused-ring (bicyclic) bond motifs is 3. The molecule has 48 heavy (non-hydrogen) atoms. The lowest BCUT2D eigenvalue weighted by molar-refractivity contribution is -0.247. The third-order valence-corrected chi connectivity index (χ3v) is 9.22. The molecule has 0 saturated carbocycles. The Kier molecular flexibility index (Phi) is 8.83. The van der Waals surface area contributed by atoms with Crippen LogP contribution in [0.1, 0.15) is 74.4 Å². The zero-order valence-corrected chi connectivity index (χ0v) is 26.2. The Morgan fingerprint density at radius 2 is 1.71 bits per heavy atom. The summed E-state index contributed by atoms with van der Waals surface area (Å²) in [5, 5.41) is 45.4. The van der Waals surface area contributed by atoms with Crippen LogP contribution >= 0.6 is 0 Å². The van der Waals surface area contributed by atoms with Crippen molar-refractivity contribution in [3.8, 4) is 17.2 Å². The van der Waals surface area contributed by atoms with E-state index in [2.05, 4.69) is 0 Å². The molecule has 6 rings (SSSR count). The number of hydrogen-bond acceptors (Lipinski definition) is 13. The van der Waals surface area contributed by atoms with Crippen LogP contribution in [0.3, 0.4) is 0 Å². The van der Waals surface area contributed by atoms with E-state index < -0.39 is 102 Å². The van der Waals surface area contributed by atoms with Crippen LogP contribution in [0, 0.1) is 0 Å². The maximum Gasteiger partial charge on any atom is 0.310 e. The highest BCUT2D eigenvalue weighted by Crippen LogP contribution is 2.52. The van der Waals surface area contributed by atoms with Gasteiger partial charge < -0.3 is 45.1 Å². The molecule has 1 saturated heterocycles. The zero-order chi connectivity index (χ0) is 34.5. The number of aliphatic hydroxyl groups excluding tert-OH is 1. The number of ether oxygens (including phenoxy) is 4. The van der Waals surface area contributed by atoms with E-state index in [1.54, 1.807) is 37.3 Å². The van der Waals surface area contributed by atoms with Crippen LogP contribution in [-0.4, -0.2) is 87.6 Å². The van der Waals surface area contributed by atoms with E-state index in [0.717, 1.165) is 0 Å². The zero-order valence-electron chi connectivity index (χ0n) is 26.2.